The summed E-state index contributed by atoms with van der Waals surface area (Å²) >= 11 is 7.73. The SMILES string of the molecule is CC(=O)Nc1ccc(NC(=O)c2sc3cc(C)ccc3c2Cl)cc1. The van der Waals surface area contributed by atoms with E-state index < -0.39 is 0 Å². The second kappa shape index (κ2) is 6.63. The molecule has 0 atom stereocenters. The average Bonchev–Trinajstić information content (AvgIpc) is 2.85. The molecule has 122 valence electrons. The van der Waals surface area contributed by atoms with E-state index in [2.05, 4.69) is 10.6 Å². The summed E-state index contributed by atoms with van der Waals surface area (Å²) in [5.41, 5.74) is 2.44. The summed E-state index contributed by atoms with van der Waals surface area (Å²) in [6.45, 7) is 3.45. The van der Waals surface area contributed by atoms with Gasteiger partial charge in [0.15, 0.2) is 0 Å². The number of hydrogen-bond donors (Lipinski definition) is 2. The van der Waals surface area contributed by atoms with Crippen molar-refractivity contribution in [3.63, 3.8) is 0 Å². The van der Waals surface area contributed by atoms with Gasteiger partial charge in [-0.05, 0) is 42.8 Å². The summed E-state index contributed by atoms with van der Waals surface area (Å²) < 4.78 is 0.992. The molecule has 4 nitrogen and oxygen atoms in total. The monoisotopic (exact) mass is 358 g/mol. The molecule has 0 aliphatic rings. The summed E-state index contributed by atoms with van der Waals surface area (Å²) in [5, 5.41) is 6.87. The van der Waals surface area contributed by atoms with Gasteiger partial charge < -0.3 is 10.6 Å². The number of halogens is 1. The van der Waals surface area contributed by atoms with Crippen molar-refractivity contribution in [2.24, 2.45) is 0 Å². The van der Waals surface area contributed by atoms with E-state index in [0.717, 1.165) is 15.6 Å². The van der Waals surface area contributed by atoms with E-state index >= 15 is 0 Å². The number of amides is 2. The van der Waals surface area contributed by atoms with E-state index in [1.54, 1.807) is 24.3 Å². The number of benzene rings is 2. The average molecular weight is 359 g/mol. The quantitative estimate of drug-likeness (QED) is 0.686. The fourth-order valence-corrected chi connectivity index (χ4v) is 3.86. The summed E-state index contributed by atoms with van der Waals surface area (Å²) in [5.74, 6) is -0.384. The molecule has 0 aliphatic heterocycles. The van der Waals surface area contributed by atoms with E-state index in [1.807, 2.05) is 25.1 Å². The van der Waals surface area contributed by atoms with Gasteiger partial charge in [-0.25, -0.2) is 0 Å². The maximum absolute atomic E-state index is 12.5. The van der Waals surface area contributed by atoms with Gasteiger partial charge in [-0.3, -0.25) is 9.59 Å². The van der Waals surface area contributed by atoms with Gasteiger partial charge in [0.05, 0.1) is 5.02 Å². The van der Waals surface area contributed by atoms with Crippen LogP contribution >= 0.6 is 22.9 Å². The van der Waals surface area contributed by atoms with Gasteiger partial charge in [0.2, 0.25) is 5.91 Å². The zero-order chi connectivity index (χ0) is 17.3. The highest BCUT2D eigenvalue weighted by Gasteiger charge is 2.17. The first-order valence-electron chi connectivity index (χ1n) is 7.31. The number of carbonyl (C=O) groups excluding carboxylic acids is 2. The van der Waals surface area contributed by atoms with Crippen molar-refractivity contribution >= 4 is 56.2 Å². The second-order valence-electron chi connectivity index (χ2n) is 5.46. The molecule has 0 saturated heterocycles. The minimum Gasteiger partial charge on any atom is -0.326 e. The maximum Gasteiger partial charge on any atom is 0.267 e. The van der Waals surface area contributed by atoms with Crippen LogP contribution in [0.3, 0.4) is 0 Å². The van der Waals surface area contributed by atoms with Crippen LogP contribution in [0, 0.1) is 6.92 Å². The number of thiophene rings is 1. The number of hydrogen-bond acceptors (Lipinski definition) is 3. The fourth-order valence-electron chi connectivity index (χ4n) is 2.35. The van der Waals surface area contributed by atoms with E-state index in [-0.39, 0.29) is 11.8 Å². The Kier molecular flexibility index (Phi) is 4.55. The van der Waals surface area contributed by atoms with Crippen LogP contribution in [0.4, 0.5) is 11.4 Å². The number of aryl methyl sites for hydroxylation is 1. The van der Waals surface area contributed by atoms with Gasteiger partial charge in [-0.15, -0.1) is 11.3 Å². The first-order valence-corrected chi connectivity index (χ1v) is 8.51. The Morgan fingerprint density at radius 3 is 2.25 bits per heavy atom. The molecule has 1 heterocycles. The molecule has 3 aromatic rings. The molecule has 0 spiro atoms. The van der Waals surface area contributed by atoms with E-state index in [0.29, 0.717) is 21.3 Å². The highest BCUT2D eigenvalue weighted by atomic mass is 35.5. The number of fused-ring (bicyclic) bond motifs is 1. The van der Waals surface area contributed by atoms with Crippen molar-refractivity contribution in [3.8, 4) is 0 Å². The van der Waals surface area contributed by atoms with E-state index in [9.17, 15) is 9.59 Å². The van der Waals surface area contributed by atoms with Crippen molar-refractivity contribution in [2.75, 3.05) is 10.6 Å². The number of rotatable bonds is 3. The molecule has 0 radical (unpaired) electrons. The van der Waals surface area contributed by atoms with Gasteiger partial charge >= 0.3 is 0 Å². The van der Waals surface area contributed by atoms with Crippen molar-refractivity contribution in [3.05, 3.63) is 57.9 Å². The molecule has 0 saturated carbocycles. The van der Waals surface area contributed by atoms with Crippen LogP contribution in [-0.2, 0) is 4.79 Å². The Hall–Kier alpha value is -2.37. The molecule has 0 unspecified atom stereocenters. The fraction of sp³-hybridized carbons (Fsp3) is 0.111. The molecular weight excluding hydrogens is 344 g/mol. The standard InChI is InChI=1S/C18H15ClN2O2S/c1-10-3-8-14-15(9-10)24-17(16(14)19)18(23)21-13-6-4-12(5-7-13)20-11(2)22/h3-9H,1-2H3,(H,20,22)(H,21,23). The van der Waals surface area contributed by atoms with Crippen LogP contribution in [0.5, 0.6) is 0 Å². The topological polar surface area (TPSA) is 58.2 Å². The van der Waals surface area contributed by atoms with Crippen LogP contribution < -0.4 is 10.6 Å². The molecule has 1 aromatic heterocycles. The molecule has 2 amide bonds. The second-order valence-corrected chi connectivity index (χ2v) is 6.89. The third kappa shape index (κ3) is 3.42. The van der Waals surface area contributed by atoms with Gasteiger partial charge in [0, 0.05) is 28.4 Å². The van der Waals surface area contributed by atoms with Crippen molar-refractivity contribution in [1.82, 2.24) is 0 Å². The highest BCUT2D eigenvalue weighted by molar-refractivity contribution is 7.21. The Balaban J connectivity index is 1.82. The third-order valence-corrected chi connectivity index (χ3v) is 5.11. The minimum atomic E-state index is -0.244. The van der Waals surface area contributed by atoms with Gasteiger partial charge in [-0.2, -0.15) is 0 Å². The predicted molar refractivity (Wildman–Crippen MR) is 100 cm³/mol. The van der Waals surface area contributed by atoms with Gasteiger partial charge in [0.25, 0.3) is 5.91 Å². The zero-order valence-electron chi connectivity index (χ0n) is 13.1. The van der Waals surface area contributed by atoms with Crippen LogP contribution in [0.25, 0.3) is 10.1 Å². The van der Waals surface area contributed by atoms with Crippen LogP contribution in [-0.4, -0.2) is 11.8 Å². The summed E-state index contributed by atoms with van der Waals surface area (Å²) in [4.78, 5) is 24.0. The predicted octanol–water partition coefficient (Wildman–Crippen LogP) is 5.07. The molecule has 24 heavy (non-hydrogen) atoms. The highest BCUT2D eigenvalue weighted by Crippen LogP contribution is 2.36. The lowest BCUT2D eigenvalue weighted by atomic mass is 10.2. The van der Waals surface area contributed by atoms with Crippen LogP contribution in [0.15, 0.2) is 42.5 Å². The molecule has 0 fully saturated rings. The van der Waals surface area contributed by atoms with Gasteiger partial charge in [0.1, 0.15) is 4.88 Å². The maximum atomic E-state index is 12.5. The van der Waals surface area contributed by atoms with E-state index in [4.69, 9.17) is 11.6 Å². The molecule has 3 rings (SSSR count). The molecule has 0 bridgehead atoms. The smallest absolute Gasteiger partial charge is 0.267 e. The summed E-state index contributed by atoms with van der Waals surface area (Å²) in [6.07, 6.45) is 0. The Morgan fingerprint density at radius 1 is 1.00 bits per heavy atom. The van der Waals surface area contributed by atoms with Gasteiger partial charge in [-0.1, -0.05) is 23.7 Å². The number of anilines is 2. The number of nitrogens with one attached hydrogen (secondary N) is 2. The molecule has 2 N–H and O–H groups in total. The van der Waals surface area contributed by atoms with E-state index in [1.165, 1.54) is 18.3 Å². The Morgan fingerprint density at radius 2 is 1.62 bits per heavy atom. The van der Waals surface area contributed by atoms with Crippen molar-refractivity contribution in [2.45, 2.75) is 13.8 Å². The lowest BCUT2D eigenvalue weighted by Crippen LogP contribution is -2.11. The number of carbonyl (C=O) groups is 2. The molecule has 2 aromatic carbocycles. The lowest BCUT2D eigenvalue weighted by molar-refractivity contribution is -0.114. The molecule has 0 aliphatic carbocycles. The Bertz CT molecular complexity index is 932. The summed E-state index contributed by atoms with van der Waals surface area (Å²) in [6, 6.07) is 12.8. The third-order valence-electron chi connectivity index (χ3n) is 3.45. The summed E-state index contributed by atoms with van der Waals surface area (Å²) in [7, 11) is 0. The minimum absolute atomic E-state index is 0.140. The Labute approximate surface area is 148 Å². The first kappa shape index (κ1) is 16.5. The lowest BCUT2D eigenvalue weighted by Gasteiger charge is -2.06. The largest absolute Gasteiger partial charge is 0.326 e. The molecule has 6 heteroatoms. The first-order chi connectivity index (χ1) is 11.4. The molecular formula is C18H15ClN2O2S. The zero-order valence-corrected chi connectivity index (χ0v) is 14.7. The van der Waals surface area contributed by atoms with Crippen LogP contribution in [0.1, 0.15) is 22.2 Å². The van der Waals surface area contributed by atoms with Crippen molar-refractivity contribution in [1.29, 1.82) is 0 Å². The normalized spacial score (nSPS) is 10.6. The van der Waals surface area contributed by atoms with Crippen LogP contribution in [0.2, 0.25) is 5.02 Å². The van der Waals surface area contributed by atoms with Crippen molar-refractivity contribution < 1.29 is 9.59 Å².